The molecule has 13 rings (SSSR count). The Morgan fingerprint density at radius 1 is 0.494 bits per heavy atom. The molecule has 9 aromatic carbocycles. The van der Waals surface area contributed by atoms with E-state index in [4.69, 9.17) is 13.8 Å². The summed E-state index contributed by atoms with van der Waals surface area (Å²) in [6, 6.07) is 61.4. The largest absolute Gasteiger partial charge is 0.458 e. The first kappa shape index (κ1) is 44.0. The third-order valence-corrected chi connectivity index (χ3v) is 15.2. The van der Waals surface area contributed by atoms with E-state index >= 15 is 0 Å². The maximum atomic E-state index is 9.29. The molecule has 4 aromatic heterocycles. The summed E-state index contributed by atoms with van der Waals surface area (Å²) in [5.41, 5.74) is 14.0. The number of ether oxygens (including phenoxy) is 1. The second kappa shape index (κ2) is 18.9. The van der Waals surface area contributed by atoms with Gasteiger partial charge < -0.3 is 9.30 Å². The molecule has 0 aliphatic heterocycles. The van der Waals surface area contributed by atoms with Gasteiger partial charge in [-0.15, -0.1) is 0 Å². The number of imidazole rings is 1. The van der Waals surface area contributed by atoms with E-state index in [-0.39, 0.29) is 33.9 Å². The summed E-state index contributed by atoms with van der Waals surface area (Å²) in [7, 11) is 0. The van der Waals surface area contributed by atoms with Crippen LogP contribution in [0.3, 0.4) is 0 Å². The minimum absolute atomic E-state index is 0.0772. The monoisotopic (exact) mass is 1030 g/mol. The molecule has 0 aliphatic carbocycles. The summed E-state index contributed by atoms with van der Waals surface area (Å²) in [6.07, 6.45) is 6.54. The number of pyridine rings is 1. The van der Waals surface area contributed by atoms with Crippen LogP contribution in [0.2, 0.25) is 0 Å². The van der Waals surface area contributed by atoms with E-state index in [1.807, 2.05) is 82.1 Å². The Morgan fingerprint density at radius 3 is 1.81 bits per heavy atom. The van der Waals surface area contributed by atoms with Crippen molar-refractivity contribution in [2.75, 3.05) is 0 Å². The van der Waals surface area contributed by atoms with Gasteiger partial charge in [-0.05, 0) is 134 Å². The molecule has 0 saturated heterocycles. The van der Waals surface area contributed by atoms with Gasteiger partial charge in [0.15, 0.2) is 0 Å². The van der Waals surface area contributed by atoms with Gasteiger partial charge in [0.05, 0.1) is 51.3 Å². The molecular weight excluding hydrogens is 963 g/mol. The molecule has 388 valence electrons. The molecule has 6 heteroatoms. The van der Waals surface area contributed by atoms with Crippen LogP contribution in [0.15, 0.2) is 218 Å². The SMILES string of the molecule is [2H]c1c([2H])c([2H])c(-c2cccc(-c3cc(C(C)(C)C)cc(C(C)(C)C)c3)c2-[n+]2[c-]n(-c3cccc(Oc4ccc5c6cc(-n7c8ccccc8c8ccccc87)ccc6n(-c6cc(CC(C)(C)C)ccn6)c5c4)c3)c3ccccc32)c([2H])c1[2H]. The van der Waals surface area contributed by atoms with Crippen molar-refractivity contribution in [3.8, 4) is 56.6 Å². The molecule has 0 saturated carbocycles. The lowest BCUT2D eigenvalue weighted by atomic mass is 9.78. The van der Waals surface area contributed by atoms with Crippen LogP contribution in [-0.2, 0) is 17.3 Å². The van der Waals surface area contributed by atoms with Crippen molar-refractivity contribution in [1.82, 2.24) is 18.7 Å². The van der Waals surface area contributed by atoms with Crippen LogP contribution in [0.25, 0.3) is 99.8 Å². The fourth-order valence-corrected chi connectivity index (χ4v) is 11.4. The van der Waals surface area contributed by atoms with Gasteiger partial charge in [0.25, 0.3) is 6.33 Å². The zero-order valence-corrected chi connectivity index (χ0v) is 46.2. The van der Waals surface area contributed by atoms with Crippen LogP contribution < -0.4 is 9.30 Å². The van der Waals surface area contributed by atoms with Crippen LogP contribution in [0.5, 0.6) is 11.5 Å². The van der Waals surface area contributed by atoms with Crippen LogP contribution in [0.4, 0.5) is 0 Å². The van der Waals surface area contributed by atoms with E-state index < -0.39 is 18.1 Å². The van der Waals surface area contributed by atoms with Gasteiger partial charge in [0.2, 0.25) is 0 Å². The first-order chi connectivity index (χ1) is 40.1. The summed E-state index contributed by atoms with van der Waals surface area (Å²) >= 11 is 0. The van der Waals surface area contributed by atoms with Crippen LogP contribution >= 0.6 is 0 Å². The van der Waals surface area contributed by atoms with E-state index in [0.717, 1.165) is 89.7 Å². The molecule has 0 unspecified atom stereocenters. The van der Waals surface area contributed by atoms with Gasteiger partial charge in [0, 0.05) is 39.5 Å². The maximum Gasteiger partial charge on any atom is 0.269 e. The number of benzene rings is 9. The normalized spacial score (nSPS) is 13.3. The van der Waals surface area contributed by atoms with Crippen molar-refractivity contribution in [2.24, 2.45) is 5.41 Å². The Labute approximate surface area is 470 Å². The van der Waals surface area contributed by atoms with Gasteiger partial charge in [-0.2, -0.15) is 0 Å². The Hall–Kier alpha value is -9.00. The highest BCUT2D eigenvalue weighted by atomic mass is 16.5. The molecule has 0 amide bonds. The Morgan fingerprint density at radius 2 is 1.11 bits per heavy atom. The summed E-state index contributed by atoms with van der Waals surface area (Å²) in [5.74, 6) is 2.09. The number of aromatic nitrogens is 5. The predicted molar refractivity (Wildman–Crippen MR) is 328 cm³/mol. The highest BCUT2D eigenvalue weighted by Crippen LogP contribution is 2.42. The van der Waals surface area contributed by atoms with E-state index in [2.05, 4.69) is 193 Å². The van der Waals surface area contributed by atoms with Crippen molar-refractivity contribution < 1.29 is 16.2 Å². The molecule has 0 aliphatic rings. The fourth-order valence-electron chi connectivity index (χ4n) is 11.4. The molecule has 0 atom stereocenters. The Kier molecular flexibility index (Phi) is 10.5. The lowest BCUT2D eigenvalue weighted by Crippen LogP contribution is -2.31. The van der Waals surface area contributed by atoms with Gasteiger partial charge in [-0.3, -0.25) is 13.7 Å². The molecule has 0 N–H and O–H groups in total. The molecule has 0 fully saturated rings. The van der Waals surface area contributed by atoms with Crippen molar-refractivity contribution in [3.05, 3.63) is 241 Å². The zero-order chi connectivity index (χ0) is 58.7. The van der Waals surface area contributed by atoms with E-state index in [1.54, 1.807) is 0 Å². The quantitative estimate of drug-likeness (QED) is 0.107. The maximum absolute atomic E-state index is 9.29. The predicted octanol–water partition coefficient (Wildman–Crippen LogP) is 18.6. The number of fused-ring (bicyclic) bond motifs is 7. The highest BCUT2D eigenvalue weighted by molar-refractivity contribution is 6.12. The fraction of sp³-hybridized carbons (Fsp3) is 0.178. The molecule has 0 bridgehead atoms. The summed E-state index contributed by atoms with van der Waals surface area (Å²) < 4.78 is 60.3. The first-order valence-electron chi connectivity index (χ1n) is 29.7. The average molecular weight is 1030 g/mol. The van der Waals surface area contributed by atoms with Gasteiger partial charge >= 0.3 is 0 Å². The standard InChI is InChI=1S/C73H65N5O/c1-71(2,3)46-48-37-38-74-69(39-48)78-65-36-33-54(77-63-29-15-13-25-59(63)60-26-14-16-30-64(60)77)44-62(65)61-35-34-56(45-68(61)78)79-55-24-19-23-53(43-55)75-47-76(67-32-18-17-31-66(67)75)70-57(49-21-11-10-12-22-49)27-20-28-58(70)50-40-51(72(4,5)6)42-52(41-50)73(7,8)9/h10-45H,46H2,1-9H3/i10D,11D,12D,21D,22D. The van der Waals surface area contributed by atoms with E-state index in [9.17, 15) is 2.74 Å². The third-order valence-electron chi connectivity index (χ3n) is 15.2. The number of hydrogen-bond acceptors (Lipinski definition) is 2. The summed E-state index contributed by atoms with van der Waals surface area (Å²) in [5, 5.41) is 4.58. The number of hydrogen-bond donors (Lipinski definition) is 0. The minimum atomic E-state index is -0.442. The Balaban J connectivity index is 0.963. The van der Waals surface area contributed by atoms with E-state index in [0.29, 0.717) is 22.7 Å². The van der Waals surface area contributed by atoms with Crippen molar-refractivity contribution in [3.63, 3.8) is 0 Å². The number of nitrogens with zero attached hydrogens (tertiary/aromatic N) is 5. The third kappa shape index (κ3) is 9.05. The first-order valence-corrected chi connectivity index (χ1v) is 27.2. The smallest absolute Gasteiger partial charge is 0.269 e. The molecule has 79 heavy (non-hydrogen) atoms. The van der Waals surface area contributed by atoms with Crippen LogP contribution in [-0.4, -0.2) is 18.7 Å². The lowest BCUT2D eigenvalue weighted by molar-refractivity contribution is -0.571. The van der Waals surface area contributed by atoms with Gasteiger partial charge in [-0.1, -0.05) is 196 Å². The minimum Gasteiger partial charge on any atom is -0.458 e. The average Bonchev–Trinajstić information content (AvgIpc) is 1.92. The van der Waals surface area contributed by atoms with Crippen molar-refractivity contribution in [2.45, 2.75) is 79.6 Å². The molecule has 4 heterocycles. The zero-order valence-electron chi connectivity index (χ0n) is 51.2. The molecular formula is C73H65N5O. The van der Waals surface area contributed by atoms with Crippen LogP contribution in [0.1, 0.15) is 85.9 Å². The molecule has 6 nitrogen and oxygen atoms in total. The topological polar surface area (TPSA) is 40.8 Å². The number of para-hydroxylation sites is 5. The molecule has 13 aromatic rings. The Bertz CT molecular complexity index is 4700. The molecule has 0 spiro atoms. The van der Waals surface area contributed by atoms with Gasteiger partial charge in [-0.25, -0.2) is 4.98 Å². The van der Waals surface area contributed by atoms with Crippen LogP contribution in [0, 0.1) is 11.7 Å². The summed E-state index contributed by atoms with van der Waals surface area (Å²) in [4.78, 5) is 5.03. The summed E-state index contributed by atoms with van der Waals surface area (Å²) in [6.45, 7) is 20.1. The molecule has 0 radical (unpaired) electrons. The van der Waals surface area contributed by atoms with Gasteiger partial charge in [0.1, 0.15) is 17.3 Å². The van der Waals surface area contributed by atoms with Crippen molar-refractivity contribution in [1.29, 1.82) is 0 Å². The second-order valence-electron chi connectivity index (χ2n) is 24.2. The lowest BCUT2D eigenvalue weighted by Gasteiger charge is -2.27. The van der Waals surface area contributed by atoms with E-state index in [1.165, 1.54) is 16.3 Å². The number of rotatable bonds is 9. The van der Waals surface area contributed by atoms with Crippen molar-refractivity contribution >= 4 is 54.6 Å². The highest BCUT2D eigenvalue weighted by Gasteiger charge is 2.26. The second-order valence-corrected chi connectivity index (χ2v) is 24.2.